The highest BCUT2D eigenvalue weighted by atomic mass is 16.3. The molecule has 0 atom stereocenters. The number of hydrogen-bond donors (Lipinski definition) is 0. The van der Waals surface area contributed by atoms with Crippen LogP contribution in [0.2, 0.25) is 0 Å². The second-order valence-corrected chi connectivity index (χ2v) is 4.25. The predicted octanol–water partition coefficient (Wildman–Crippen LogP) is 4.67. The minimum atomic E-state index is 0.828. The molecular weight excluding hydrogens is 220 g/mol. The van der Waals surface area contributed by atoms with Crippen molar-refractivity contribution >= 4 is 21.7 Å². The van der Waals surface area contributed by atoms with E-state index in [0.29, 0.717) is 0 Å². The first-order chi connectivity index (χ1) is 8.90. The Bertz CT molecular complexity index is 732. The smallest absolute Gasteiger partial charge is 0.134 e. The molecule has 0 spiro atoms. The lowest BCUT2D eigenvalue weighted by Gasteiger charge is -2.00. The van der Waals surface area contributed by atoms with E-state index in [4.69, 9.17) is 11.0 Å². The third-order valence-electron chi connectivity index (χ3n) is 3.13. The van der Waals surface area contributed by atoms with Gasteiger partial charge in [-0.15, -0.1) is 0 Å². The molecule has 0 bridgehead atoms. The summed E-state index contributed by atoms with van der Waals surface area (Å²) in [5.74, 6) is 0. The monoisotopic (exact) mass is 233 g/mol. The molecule has 1 nitrogen and oxygen atoms in total. The van der Waals surface area contributed by atoms with E-state index in [1.165, 1.54) is 21.7 Å². The largest absolute Gasteiger partial charge is 0.464 e. The minimum absolute atomic E-state index is 0.828. The summed E-state index contributed by atoms with van der Waals surface area (Å²) < 4.78 is 5.61. The second-order valence-electron chi connectivity index (χ2n) is 4.25. The quantitative estimate of drug-likeness (QED) is 0.599. The lowest BCUT2D eigenvalue weighted by atomic mass is 10.0. The fourth-order valence-corrected chi connectivity index (χ4v) is 2.30. The summed E-state index contributed by atoms with van der Waals surface area (Å²) in [6.07, 6.45) is 8.09. The summed E-state index contributed by atoms with van der Waals surface area (Å²) in [5, 5.41) is 3.68. The summed E-state index contributed by atoms with van der Waals surface area (Å²) in [7, 11) is 0. The van der Waals surface area contributed by atoms with Crippen molar-refractivity contribution in [2.75, 3.05) is 0 Å². The number of rotatable bonds is 3. The number of hydrogen-bond acceptors (Lipinski definition) is 1. The van der Waals surface area contributed by atoms with Crippen molar-refractivity contribution < 1.29 is 4.42 Å². The molecule has 0 fully saturated rings. The molecular formula is C17H13O. The standard InChI is InChI=1S/C17H13O/c1-2-3-4-8-14-12-18-16-11-10-13-7-5-6-9-15(13)17(14)16/h1-7,9-12H,8H2. The van der Waals surface area contributed by atoms with Gasteiger partial charge in [0, 0.05) is 10.9 Å². The molecule has 1 aromatic heterocycles. The van der Waals surface area contributed by atoms with E-state index in [9.17, 15) is 0 Å². The van der Waals surface area contributed by atoms with Crippen LogP contribution in [0.5, 0.6) is 0 Å². The zero-order valence-corrected chi connectivity index (χ0v) is 9.97. The van der Waals surface area contributed by atoms with Gasteiger partial charge in [-0.2, -0.15) is 0 Å². The molecule has 0 saturated heterocycles. The normalized spacial score (nSPS) is 11.6. The van der Waals surface area contributed by atoms with Gasteiger partial charge in [-0.1, -0.05) is 55.1 Å². The van der Waals surface area contributed by atoms with Crippen molar-refractivity contribution in [2.45, 2.75) is 6.42 Å². The Morgan fingerprint density at radius 2 is 2.00 bits per heavy atom. The van der Waals surface area contributed by atoms with Gasteiger partial charge >= 0.3 is 0 Å². The molecule has 87 valence electrons. The van der Waals surface area contributed by atoms with Gasteiger partial charge < -0.3 is 4.42 Å². The first kappa shape index (κ1) is 10.8. The van der Waals surface area contributed by atoms with Gasteiger partial charge in [0.15, 0.2) is 0 Å². The molecule has 1 radical (unpaired) electrons. The third kappa shape index (κ3) is 1.74. The molecule has 0 unspecified atom stereocenters. The van der Waals surface area contributed by atoms with Gasteiger partial charge in [0.1, 0.15) is 5.58 Å². The lowest BCUT2D eigenvalue weighted by Crippen LogP contribution is -1.80. The molecule has 0 N–H and O–H groups in total. The van der Waals surface area contributed by atoms with Crippen LogP contribution >= 0.6 is 0 Å². The highest BCUT2D eigenvalue weighted by Gasteiger charge is 2.08. The number of fused-ring (bicyclic) bond motifs is 3. The summed E-state index contributed by atoms with van der Waals surface area (Å²) in [6, 6.07) is 12.5. The fourth-order valence-electron chi connectivity index (χ4n) is 2.30. The molecule has 1 heterocycles. The molecule has 3 rings (SSSR count). The molecule has 0 amide bonds. The zero-order chi connectivity index (χ0) is 12.4. The Hall–Kier alpha value is -2.28. The average molecular weight is 233 g/mol. The van der Waals surface area contributed by atoms with Crippen LogP contribution in [0.1, 0.15) is 5.56 Å². The summed E-state index contributed by atoms with van der Waals surface area (Å²) in [5.41, 5.74) is 2.13. The van der Waals surface area contributed by atoms with Gasteiger partial charge in [0.25, 0.3) is 0 Å². The van der Waals surface area contributed by atoms with Crippen LogP contribution in [0.3, 0.4) is 0 Å². The Balaban J connectivity index is 2.23. The van der Waals surface area contributed by atoms with E-state index in [2.05, 4.69) is 30.3 Å². The van der Waals surface area contributed by atoms with Gasteiger partial charge in [0.05, 0.1) is 6.26 Å². The van der Waals surface area contributed by atoms with Crippen LogP contribution in [0.4, 0.5) is 0 Å². The van der Waals surface area contributed by atoms with E-state index in [0.717, 1.165) is 12.0 Å². The van der Waals surface area contributed by atoms with Crippen molar-refractivity contribution in [2.24, 2.45) is 0 Å². The average Bonchev–Trinajstić information content (AvgIpc) is 2.83. The highest BCUT2D eigenvalue weighted by Crippen LogP contribution is 2.30. The van der Waals surface area contributed by atoms with Crippen molar-refractivity contribution in [3.63, 3.8) is 0 Å². The maximum absolute atomic E-state index is 5.61. The Kier molecular flexibility index (Phi) is 2.73. The summed E-state index contributed by atoms with van der Waals surface area (Å²) >= 11 is 0. The van der Waals surface area contributed by atoms with E-state index in [-0.39, 0.29) is 0 Å². The van der Waals surface area contributed by atoms with E-state index < -0.39 is 0 Å². The molecule has 0 aliphatic carbocycles. The van der Waals surface area contributed by atoms with Gasteiger partial charge in [-0.3, -0.25) is 0 Å². The summed E-state index contributed by atoms with van der Waals surface area (Å²) in [6.45, 7) is 5.34. The van der Waals surface area contributed by atoms with Gasteiger partial charge in [0.2, 0.25) is 0 Å². The Labute approximate surface area is 106 Å². The molecule has 0 aliphatic heterocycles. The van der Waals surface area contributed by atoms with E-state index in [1.54, 1.807) is 6.08 Å². The topological polar surface area (TPSA) is 13.1 Å². The zero-order valence-electron chi connectivity index (χ0n) is 9.97. The number of furan rings is 1. The number of allylic oxidation sites excluding steroid dienone is 3. The van der Waals surface area contributed by atoms with Crippen LogP contribution in [0, 0.1) is 6.58 Å². The van der Waals surface area contributed by atoms with Crippen LogP contribution in [0.25, 0.3) is 21.7 Å². The van der Waals surface area contributed by atoms with E-state index in [1.807, 2.05) is 24.5 Å². The molecule has 1 heteroatoms. The molecule has 0 aliphatic rings. The predicted molar refractivity (Wildman–Crippen MR) is 75.4 cm³/mol. The van der Waals surface area contributed by atoms with Gasteiger partial charge in [-0.25, -0.2) is 0 Å². The van der Waals surface area contributed by atoms with Gasteiger partial charge in [-0.05, 0) is 23.3 Å². The second kappa shape index (κ2) is 4.53. The SMILES string of the molecule is [CH]=CC=CCc1coc2ccc3ccccc3c12. The third-order valence-corrected chi connectivity index (χ3v) is 3.13. The minimum Gasteiger partial charge on any atom is -0.464 e. The Morgan fingerprint density at radius 1 is 1.11 bits per heavy atom. The molecule has 0 saturated carbocycles. The van der Waals surface area contributed by atoms with Crippen LogP contribution in [-0.4, -0.2) is 0 Å². The van der Waals surface area contributed by atoms with Crippen molar-refractivity contribution in [1.82, 2.24) is 0 Å². The molecule has 18 heavy (non-hydrogen) atoms. The maximum Gasteiger partial charge on any atom is 0.134 e. The van der Waals surface area contributed by atoms with E-state index >= 15 is 0 Å². The maximum atomic E-state index is 5.61. The fraction of sp³-hybridized carbons (Fsp3) is 0.0588. The number of benzene rings is 2. The first-order valence-corrected chi connectivity index (χ1v) is 5.98. The first-order valence-electron chi connectivity index (χ1n) is 5.98. The molecule has 3 aromatic rings. The van der Waals surface area contributed by atoms with Crippen LogP contribution in [-0.2, 0) is 6.42 Å². The van der Waals surface area contributed by atoms with Crippen LogP contribution in [0.15, 0.2) is 65.3 Å². The summed E-state index contributed by atoms with van der Waals surface area (Å²) in [4.78, 5) is 0. The molecule has 2 aromatic carbocycles. The Morgan fingerprint density at radius 3 is 2.89 bits per heavy atom. The highest BCUT2D eigenvalue weighted by molar-refractivity contribution is 6.07. The van der Waals surface area contributed by atoms with Crippen molar-refractivity contribution in [3.05, 3.63) is 73.0 Å². The van der Waals surface area contributed by atoms with Crippen molar-refractivity contribution in [3.8, 4) is 0 Å². The van der Waals surface area contributed by atoms with Crippen molar-refractivity contribution in [1.29, 1.82) is 0 Å². The van der Waals surface area contributed by atoms with Crippen LogP contribution < -0.4 is 0 Å². The lowest BCUT2D eigenvalue weighted by molar-refractivity contribution is 0.612.